The van der Waals surface area contributed by atoms with Crippen LogP contribution in [-0.4, -0.2) is 5.11 Å². The molecule has 1 heteroatoms. The quantitative estimate of drug-likeness (QED) is 0.786. The van der Waals surface area contributed by atoms with Gasteiger partial charge in [0.25, 0.3) is 0 Å². The SMILES string of the molecule is O[C@@H]1c2ccccc2CC[C@H]1c1ccccc1. The molecule has 0 spiro atoms. The highest BCUT2D eigenvalue weighted by Crippen LogP contribution is 2.40. The summed E-state index contributed by atoms with van der Waals surface area (Å²) in [6, 6.07) is 18.6. The van der Waals surface area contributed by atoms with Crippen LogP contribution in [0.4, 0.5) is 0 Å². The van der Waals surface area contributed by atoms with Gasteiger partial charge in [0.2, 0.25) is 0 Å². The van der Waals surface area contributed by atoms with E-state index in [1.165, 1.54) is 11.1 Å². The molecule has 1 aliphatic rings. The summed E-state index contributed by atoms with van der Waals surface area (Å²) in [5.41, 5.74) is 3.65. The van der Waals surface area contributed by atoms with Crippen LogP contribution in [0.1, 0.15) is 35.1 Å². The van der Waals surface area contributed by atoms with Gasteiger partial charge >= 0.3 is 0 Å². The van der Waals surface area contributed by atoms with Crippen molar-refractivity contribution in [2.45, 2.75) is 24.9 Å². The van der Waals surface area contributed by atoms with Crippen LogP contribution < -0.4 is 0 Å². The van der Waals surface area contributed by atoms with Crippen molar-refractivity contribution < 1.29 is 5.11 Å². The van der Waals surface area contributed by atoms with E-state index in [4.69, 9.17) is 0 Å². The molecule has 0 aromatic heterocycles. The van der Waals surface area contributed by atoms with Crippen LogP contribution in [0.15, 0.2) is 54.6 Å². The van der Waals surface area contributed by atoms with Gasteiger partial charge in [-0.15, -0.1) is 0 Å². The first-order valence-electron chi connectivity index (χ1n) is 6.17. The Morgan fingerprint density at radius 1 is 0.882 bits per heavy atom. The van der Waals surface area contributed by atoms with Crippen LogP contribution >= 0.6 is 0 Å². The van der Waals surface area contributed by atoms with Crippen LogP contribution in [0.2, 0.25) is 0 Å². The Hall–Kier alpha value is -1.60. The minimum absolute atomic E-state index is 0.242. The average molecular weight is 224 g/mol. The summed E-state index contributed by atoms with van der Waals surface area (Å²) in [4.78, 5) is 0. The van der Waals surface area contributed by atoms with E-state index in [1.807, 2.05) is 30.3 Å². The van der Waals surface area contributed by atoms with Crippen molar-refractivity contribution in [1.82, 2.24) is 0 Å². The molecule has 17 heavy (non-hydrogen) atoms. The zero-order valence-corrected chi connectivity index (χ0v) is 9.71. The van der Waals surface area contributed by atoms with Gasteiger partial charge in [0.1, 0.15) is 0 Å². The molecule has 3 rings (SSSR count). The van der Waals surface area contributed by atoms with E-state index in [2.05, 4.69) is 24.3 Å². The molecule has 0 saturated carbocycles. The predicted octanol–water partition coefficient (Wildman–Crippen LogP) is 3.45. The van der Waals surface area contributed by atoms with Gasteiger partial charge in [-0.2, -0.15) is 0 Å². The van der Waals surface area contributed by atoms with Gasteiger partial charge in [-0.05, 0) is 29.5 Å². The van der Waals surface area contributed by atoms with E-state index in [9.17, 15) is 5.11 Å². The molecular formula is C16H16O. The van der Waals surface area contributed by atoms with Crippen LogP contribution in [0.25, 0.3) is 0 Å². The van der Waals surface area contributed by atoms with Crippen molar-refractivity contribution in [3.05, 3.63) is 71.3 Å². The molecule has 0 unspecified atom stereocenters. The second kappa shape index (κ2) is 4.34. The largest absolute Gasteiger partial charge is 0.388 e. The highest BCUT2D eigenvalue weighted by molar-refractivity contribution is 5.36. The van der Waals surface area contributed by atoms with Crippen molar-refractivity contribution in [2.75, 3.05) is 0 Å². The van der Waals surface area contributed by atoms with Crippen molar-refractivity contribution >= 4 is 0 Å². The van der Waals surface area contributed by atoms with Gasteiger partial charge in [-0.1, -0.05) is 54.6 Å². The fraction of sp³-hybridized carbons (Fsp3) is 0.250. The lowest BCUT2D eigenvalue weighted by Crippen LogP contribution is -2.18. The van der Waals surface area contributed by atoms with Gasteiger partial charge in [-0.25, -0.2) is 0 Å². The molecule has 1 aliphatic carbocycles. The lowest BCUT2D eigenvalue weighted by Gasteiger charge is -2.30. The average Bonchev–Trinajstić information content (AvgIpc) is 2.40. The van der Waals surface area contributed by atoms with E-state index in [-0.39, 0.29) is 12.0 Å². The second-order valence-electron chi connectivity index (χ2n) is 4.70. The summed E-state index contributed by atoms with van der Waals surface area (Å²) in [6.07, 6.45) is 1.73. The number of aliphatic hydroxyl groups is 1. The highest BCUT2D eigenvalue weighted by atomic mass is 16.3. The monoisotopic (exact) mass is 224 g/mol. The van der Waals surface area contributed by atoms with Crippen LogP contribution in [0, 0.1) is 0 Å². The van der Waals surface area contributed by atoms with Crippen LogP contribution in [-0.2, 0) is 6.42 Å². The summed E-state index contributed by atoms with van der Waals surface area (Å²) in [5.74, 6) is 0.242. The van der Waals surface area contributed by atoms with Gasteiger partial charge in [-0.3, -0.25) is 0 Å². The minimum Gasteiger partial charge on any atom is -0.388 e. The van der Waals surface area contributed by atoms with Crippen molar-refractivity contribution in [3.8, 4) is 0 Å². The molecule has 0 saturated heterocycles. The van der Waals surface area contributed by atoms with E-state index >= 15 is 0 Å². The van der Waals surface area contributed by atoms with Gasteiger partial charge < -0.3 is 5.11 Å². The van der Waals surface area contributed by atoms with Crippen LogP contribution in [0.3, 0.4) is 0 Å². The first kappa shape index (κ1) is 10.5. The summed E-state index contributed by atoms with van der Waals surface area (Å²) in [7, 11) is 0. The lowest BCUT2D eigenvalue weighted by molar-refractivity contribution is 0.131. The third-order valence-electron chi connectivity index (χ3n) is 3.71. The maximum atomic E-state index is 10.5. The van der Waals surface area contributed by atoms with Crippen LogP contribution in [0.5, 0.6) is 0 Å². The number of hydrogen-bond acceptors (Lipinski definition) is 1. The number of fused-ring (bicyclic) bond motifs is 1. The Morgan fingerprint density at radius 2 is 1.59 bits per heavy atom. The Morgan fingerprint density at radius 3 is 2.41 bits per heavy atom. The number of hydrogen-bond donors (Lipinski definition) is 1. The summed E-state index contributed by atoms with van der Waals surface area (Å²) < 4.78 is 0. The molecule has 0 fully saturated rings. The molecule has 2 atom stereocenters. The maximum Gasteiger partial charge on any atom is 0.0861 e. The van der Waals surface area contributed by atoms with E-state index < -0.39 is 0 Å². The standard InChI is InChI=1S/C16H16O/c17-16-14-9-5-4-8-13(14)10-11-15(16)12-6-2-1-3-7-12/h1-9,15-17H,10-11H2/t15-,16+/m0/s1. The van der Waals surface area contributed by atoms with Crippen molar-refractivity contribution in [3.63, 3.8) is 0 Å². The van der Waals surface area contributed by atoms with E-state index in [0.29, 0.717) is 0 Å². The topological polar surface area (TPSA) is 20.2 Å². The molecule has 2 aromatic rings. The van der Waals surface area contributed by atoms with Gasteiger partial charge in [0.15, 0.2) is 0 Å². The third-order valence-corrected chi connectivity index (χ3v) is 3.71. The molecule has 1 N–H and O–H groups in total. The number of rotatable bonds is 1. The molecule has 0 aliphatic heterocycles. The fourth-order valence-corrected chi connectivity index (χ4v) is 2.79. The van der Waals surface area contributed by atoms with Gasteiger partial charge in [0, 0.05) is 5.92 Å². The summed E-state index contributed by atoms with van der Waals surface area (Å²) >= 11 is 0. The first-order chi connectivity index (χ1) is 8.36. The highest BCUT2D eigenvalue weighted by Gasteiger charge is 2.28. The zero-order valence-electron chi connectivity index (χ0n) is 9.71. The molecule has 0 amide bonds. The molecule has 2 aromatic carbocycles. The Balaban J connectivity index is 1.97. The first-order valence-corrected chi connectivity index (χ1v) is 6.17. The Labute approximate surface area is 102 Å². The molecule has 0 bridgehead atoms. The number of benzene rings is 2. The summed E-state index contributed by atoms with van der Waals surface area (Å²) in [6.45, 7) is 0. The number of aliphatic hydroxyl groups excluding tert-OH is 1. The lowest BCUT2D eigenvalue weighted by atomic mass is 9.78. The summed E-state index contributed by atoms with van der Waals surface area (Å²) in [5, 5.41) is 10.5. The molecule has 0 radical (unpaired) electrons. The minimum atomic E-state index is -0.359. The Kier molecular flexibility index (Phi) is 2.69. The second-order valence-corrected chi connectivity index (χ2v) is 4.70. The van der Waals surface area contributed by atoms with Crippen molar-refractivity contribution in [2.24, 2.45) is 0 Å². The van der Waals surface area contributed by atoms with Crippen molar-refractivity contribution in [1.29, 1.82) is 0 Å². The molecular weight excluding hydrogens is 208 g/mol. The molecule has 1 nitrogen and oxygen atoms in total. The molecule has 86 valence electrons. The normalized spacial score (nSPS) is 23.1. The smallest absolute Gasteiger partial charge is 0.0861 e. The zero-order chi connectivity index (χ0) is 11.7. The van der Waals surface area contributed by atoms with E-state index in [1.54, 1.807) is 0 Å². The fourth-order valence-electron chi connectivity index (χ4n) is 2.79. The predicted molar refractivity (Wildman–Crippen MR) is 68.9 cm³/mol. The molecule has 0 heterocycles. The van der Waals surface area contributed by atoms with Gasteiger partial charge in [0.05, 0.1) is 6.10 Å². The Bertz CT molecular complexity index is 504. The maximum absolute atomic E-state index is 10.5. The van der Waals surface area contributed by atoms with E-state index in [0.717, 1.165) is 18.4 Å². The third kappa shape index (κ3) is 1.87. The number of aryl methyl sites for hydroxylation is 1.